The molecule has 0 aliphatic carbocycles. The number of rotatable bonds is 5. The number of ether oxygens (including phenoxy) is 2. The highest BCUT2D eigenvalue weighted by Crippen LogP contribution is 2.27. The first-order valence-electron chi connectivity index (χ1n) is 4.98. The molecule has 1 rings (SSSR count). The Kier molecular flexibility index (Phi) is 4.51. The fraction of sp³-hybridized carbons (Fsp3) is 0.333. The van der Waals surface area contributed by atoms with E-state index in [1.165, 1.54) is 21.3 Å². The Bertz CT molecular complexity index is 440. The Morgan fingerprint density at radius 1 is 1.12 bits per heavy atom. The van der Waals surface area contributed by atoms with Crippen LogP contribution in [0.4, 0.5) is 0 Å². The zero-order valence-electron chi connectivity index (χ0n) is 10.3. The van der Waals surface area contributed by atoms with Crippen molar-refractivity contribution in [3.8, 4) is 11.5 Å². The first-order chi connectivity index (χ1) is 8.13. The van der Waals surface area contributed by atoms with Crippen LogP contribution in [-0.4, -0.2) is 32.8 Å². The monoisotopic (exact) mass is 237 g/mol. The zero-order valence-corrected chi connectivity index (χ0v) is 10.3. The molecule has 0 aliphatic heterocycles. The molecule has 0 N–H and O–H groups in total. The zero-order chi connectivity index (χ0) is 12.8. The van der Waals surface area contributed by atoms with E-state index < -0.39 is 0 Å². The maximum absolute atomic E-state index is 11.9. The van der Waals surface area contributed by atoms with E-state index in [0.717, 1.165) is 0 Å². The number of Topliss-reactive ketones (excluding diaryl/α,β-unsaturated/α-hetero) is 1. The van der Waals surface area contributed by atoms with Crippen molar-refractivity contribution in [1.82, 2.24) is 0 Å². The molecule has 17 heavy (non-hydrogen) atoms. The van der Waals surface area contributed by atoms with Crippen molar-refractivity contribution in [3.05, 3.63) is 23.8 Å². The molecule has 0 atom stereocenters. The smallest absolute Gasteiger partial charge is 0.210 e. The molecule has 0 heterocycles. The summed E-state index contributed by atoms with van der Waals surface area (Å²) in [6, 6.07) is 4.93. The maximum Gasteiger partial charge on any atom is 0.210 e. The lowest BCUT2D eigenvalue weighted by molar-refractivity contribution is 0.105. The van der Waals surface area contributed by atoms with Gasteiger partial charge in [-0.25, -0.2) is 0 Å². The molecular formula is C12H15NO4. The molecule has 0 unspecified atom stereocenters. The molecule has 0 amide bonds. The molecule has 0 saturated carbocycles. The van der Waals surface area contributed by atoms with Gasteiger partial charge in [-0.3, -0.25) is 4.79 Å². The largest absolute Gasteiger partial charge is 0.493 e. The predicted octanol–water partition coefficient (Wildman–Crippen LogP) is 1.91. The lowest BCUT2D eigenvalue weighted by atomic mass is 10.1. The Balaban J connectivity index is 3.08. The lowest BCUT2D eigenvalue weighted by Crippen LogP contribution is -2.11. The van der Waals surface area contributed by atoms with Gasteiger partial charge >= 0.3 is 0 Å². The van der Waals surface area contributed by atoms with E-state index in [0.29, 0.717) is 17.1 Å². The minimum atomic E-state index is -0.215. The highest BCUT2D eigenvalue weighted by molar-refractivity contribution is 6.45. The number of oxime groups is 1. The Morgan fingerprint density at radius 2 is 1.76 bits per heavy atom. The predicted molar refractivity (Wildman–Crippen MR) is 64.0 cm³/mol. The molecule has 1 aromatic rings. The summed E-state index contributed by atoms with van der Waals surface area (Å²) >= 11 is 0. The van der Waals surface area contributed by atoms with E-state index in [2.05, 4.69) is 9.99 Å². The van der Waals surface area contributed by atoms with Crippen LogP contribution in [0.2, 0.25) is 0 Å². The Hall–Kier alpha value is -2.04. The van der Waals surface area contributed by atoms with E-state index in [9.17, 15) is 4.79 Å². The van der Waals surface area contributed by atoms with Crippen molar-refractivity contribution < 1.29 is 19.1 Å². The van der Waals surface area contributed by atoms with Crippen molar-refractivity contribution in [1.29, 1.82) is 0 Å². The fourth-order valence-electron chi connectivity index (χ4n) is 1.36. The quantitative estimate of drug-likeness (QED) is 0.446. The molecule has 1 aromatic carbocycles. The van der Waals surface area contributed by atoms with E-state index >= 15 is 0 Å². The van der Waals surface area contributed by atoms with E-state index in [4.69, 9.17) is 9.47 Å². The SMILES string of the molecule is CON=C(C)C(=O)c1ccc(OC)c(OC)c1. The summed E-state index contributed by atoms with van der Waals surface area (Å²) < 4.78 is 10.2. The molecule has 0 bridgehead atoms. The van der Waals surface area contributed by atoms with Crippen LogP contribution in [0.5, 0.6) is 11.5 Å². The number of methoxy groups -OCH3 is 2. The van der Waals surface area contributed by atoms with E-state index in [-0.39, 0.29) is 11.5 Å². The van der Waals surface area contributed by atoms with Gasteiger partial charge in [-0.2, -0.15) is 0 Å². The minimum absolute atomic E-state index is 0.215. The fourth-order valence-corrected chi connectivity index (χ4v) is 1.36. The number of nitrogens with zero attached hydrogens (tertiary/aromatic N) is 1. The van der Waals surface area contributed by atoms with Gasteiger partial charge in [0.1, 0.15) is 12.8 Å². The lowest BCUT2D eigenvalue weighted by Gasteiger charge is -2.08. The summed E-state index contributed by atoms with van der Waals surface area (Å²) in [5.74, 6) is 0.863. The van der Waals surface area contributed by atoms with Gasteiger partial charge in [-0.1, -0.05) is 5.16 Å². The summed E-state index contributed by atoms with van der Waals surface area (Å²) in [4.78, 5) is 16.5. The number of carbonyl (C=O) groups excluding carboxylic acids is 1. The van der Waals surface area contributed by atoms with Crippen molar-refractivity contribution in [2.45, 2.75) is 6.92 Å². The Morgan fingerprint density at radius 3 is 2.29 bits per heavy atom. The second kappa shape index (κ2) is 5.89. The van der Waals surface area contributed by atoms with Gasteiger partial charge in [-0.05, 0) is 25.1 Å². The van der Waals surface area contributed by atoms with Crippen molar-refractivity contribution >= 4 is 11.5 Å². The van der Waals surface area contributed by atoms with Gasteiger partial charge in [0.05, 0.1) is 14.2 Å². The molecule has 0 fully saturated rings. The van der Waals surface area contributed by atoms with Gasteiger partial charge in [0.15, 0.2) is 11.5 Å². The van der Waals surface area contributed by atoms with Gasteiger partial charge in [0, 0.05) is 5.56 Å². The van der Waals surface area contributed by atoms with Crippen LogP contribution in [0.15, 0.2) is 23.4 Å². The summed E-state index contributed by atoms with van der Waals surface area (Å²) in [6.07, 6.45) is 0. The molecule has 0 aromatic heterocycles. The topological polar surface area (TPSA) is 57.1 Å². The normalized spacial score (nSPS) is 10.9. The van der Waals surface area contributed by atoms with Crippen LogP contribution in [0, 0.1) is 0 Å². The highest BCUT2D eigenvalue weighted by Gasteiger charge is 2.13. The first kappa shape index (κ1) is 13.0. The van der Waals surface area contributed by atoms with Crippen molar-refractivity contribution in [2.24, 2.45) is 5.16 Å². The number of hydrogen-bond acceptors (Lipinski definition) is 5. The van der Waals surface area contributed by atoms with Gasteiger partial charge in [0.2, 0.25) is 5.78 Å². The van der Waals surface area contributed by atoms with Crippen LogP contribution in [-0.2, 0) is 4.84 Å². The van der Waals surface area contributed by atoms with Gasteiger partial charge < -0.3 is 14.3 Å². The summed E-state index contributed by atoms with van der Waals surface area (Å²) in [6.45, 7) is 1.59. The van der Waals surface area contributed by atoms with Crippen LogP contribution in [0.3, 0.4) is 0 Å². The first-order valence-corrected chi connectivity index (χ1v) is 4.98. The van der Waals surface area contributed by atoms with E-state index in [1.807, 2.05) is 0 Å². The maximum atomic E-state index is 11.9. The van der Waals surface area contributed by atoms with E-state index in [1.54, 1.807) is 25.1 Å². The molecular weight excluding hydrogens is 222 g/mol. The number of benzene rings is 1. The third-order valence-electron chi connectivity index (χ3n) is 2.20. The summed E-state index contributed by atoms with van der Waals surface area (Å²) in [5, 5.41) is 3.59. The standard InChI is InChI=1S/C12H15NO4/c1-8(13-17-4)12(14)9-5-6-10(15-2)11(7-9)16-3/h5-7H,1-4H3. The number of ketones is 1. The molecule has 5 nitrogen and oxygen atoms in total. The molecule has 5 heteroatoms. The van der Waals surface area contributed by atoms with Gasteiger partial charge in [-0.15, -0.1) is 0 Å². The van der Waals surface area contributed by atoms with Crippen LogP contribution in [0.1, 0.15) is 17.3 Å². The van der Waals surface area contributed by atoms with Gasteiger partial charge in [0.25, 0.3) is 0 Å². The second-order valence-corrected chi connectivity index (χ2v) is 3.26. The molecule has 0 radical (unpaired) electrons. The number of hydrogen-bond donors (Lipinski definition) is 0. The van der Waals surface area contributed by atoms with Crippen LogP contribution in [0.25, 0.3) is 0 Å². The van der Waals surface area contributed by atoms with Crippen LogP contribution < -0.4 is 9.47 Å². The Labute approximate surface area is 100.0 Å². The third-order valence-corrected chi connectivity index (χ3v) is 2.20. The van der Waals surface area contributed by atoms with Crippen molar-refractivity contribution in [3.63, 3.8) is 0 Å². The average Bonchev–Trinajstić information content (AvgIpc) is 2.37. The molecule has 0 aliphatic rings. The number of carbonyl (C=O) groups is 1. The van der Waals surface area contributed by atoms with Crippen molar-refractivity contribution in [2.75, 3.05) is 21.3 Å². The molecule has 92 valence electrons. The summed E-state index contributed by atoms with van der Waals surface area (Å²) in [5.41, 5.74) is 0.751. The molecule has 0 saturated heterocycles. The average molecular weight is 237 g/mol. The third kappa shape index (κ3) is 2.96. The highest BCUT2D eigenvalue weighted by atomic mass is 16.6. The molecule has 0 spiro atoms. The van der Waals surface area contributed by atoms with Crippen LogP contribution >= 0.6 is 0 Å². The second-order valence-electron chi connectivity index (χ2n) is 3.26. The summed E-state index contributed by atoms with van der Waals surface area (Å²) in [7, 11) is 4.45. The minimum Gasteiger partial charge on any atom is -0.493 e.